The molecule has 1 unspecified atom stereocenters. The first-order valence-corrected chi connectivity index (χ1v) is 14.9. The highest BCUT2D eigenvalue weighted by Crippen LogP contribution is 2.32. The number of amides is 3. The lowest BCUT2D eigenvalue weighted by molar-refractivity contribution is -0.136. The summed E-state index contributed by atoms with van der Waals surface area (Å²) < 4.78 is 48.4. The molecule has 0 spiro atoms. The third kappa shape index (κ3) is 7.92. The Morgan fingerprint density at radius 3 is 2.14 bits per heavy atom. The molecule has 1 fully saturated rings. The topological polar surface area (TPSA) is 138 Å². The van der Waals surface area contributed by atoms with Gasteiger partial charge >= 0.3 is 0 Å². The van der Waals surface area contributed by atoms with Crippen molar-refractivity contribution in [2.24, 2.45) is 0 Å². The van der Waals surface area contributed by atoms with Crippen LogP contribution in [0.4, 0.5) is 0 Å². The first-order chi connectivity index (χ1) is 17.3. The second-order valence-electron chi connectivity index (χ2n) is 8.14. The van der Waals surface area contributed by atoms with Crippen LogP contribution in [0.5, 0.6) is 0 Å². The molecule has 11 nitrogen and oxygen atoms in total. The van der Waals surface area contributed by atoms with Crippen molar-refractivity contribution in [2.45, 2.75) is 30.3 Å². The Balaban J connectivity index is 1.41. The Bertz CT molecular complexity index is 1030. The number of fused-ring (bicyclic) bond motifs is 1. The largest absolute Gasteiger partial charge is 0.378 e. The standard InChI is InChI=1S/C23H31IN2O9S/c24-6-7-32-8-9-33-10-11-34-12-13-35-14-15-36(30,31)20-3-1-2-17-18(20)16-26(23(17)29)19-4-5-21(27)25-22(19)28/h1-3,19H,4-16H2,(H,25,27,28). The molecule has 0 aliphatic carbocycles. The SMILES string of the molecule is O=C1CCC(N2Cc3c(cccc3S(=O)(=O)CCOCCOCCOCCOCCI)C2=O)C(=O)N1. The van der Waals surface area contributed by atoms with Crippen LogP contribution in [0.25, 0.3) is 0 Å². The minimum Gasteiger partial charge on any atom is -0.378 e. The van der Waals surface area contributed by atoms with Gasteiger partial charge < -0.3 is 23.8 Å². The molecule has 2 aliphatic heterocycles. The highest BCUT2D eigenvalue weighted by Gasteiger charge is 2.40. The van der Waals surface area contributed by atoms with Crippen molar-refractivity contribution in [1.82, 2.24) is 10.2 Å². The molecule has 0 saturated carbocycles. The van der Waals surface area contributed by atoms with Crippen LogP contribution in [-0.2, 0) is 44.9 Å². The summed E-state index contributed by atoms with van der Waals surface area (Å²) >= 11 is 2.24. The average Bonchev–Trinajstić information content (AvgIpc) is 3.18. The maximum Gasteiger partial charge on any atom is 0.255 e. The van der Waals surface area contributed by atoms with Gasteiger partial charge in [-0.1, -0.05) is 28.7 Å². The summed E-state index contributed by atoms with van der Waals surface area (Å²) in [6.07, 6.45) is 0.338. The number of benzene rings is 1. The number of rotatable bonds is 16. The monoisotopic (exact) mass is 638 g/mol. The van der Waals surface area contributed by atoms with Gasteiger partial charge in [0.05, 0.1) is 63.5 Å². The first kappa shape index (κ1) is 28.9. The Kier molecular flexibility index (Phi) is 11.5. The number of alkyl halides is 1. The Labute approximate surface area is 224 Å². The first-order valence-electron chi connectivity index (χ1n) is 11.7. The molecule has 13 heteroatoms. The van der Waals surface area contributed by atoms with Crippen molar-refractivity contribution in [3.63, 3.8) is 0 Å². The van der Waals surface area contributed by atoms with E-state index in [9.17, 15) is 22.8 Å². The van der Waals surface area contributed by atoms with Gasteiger partial charge in [-0.05, 0) is 18.6 Å². The summed E-state index contributed by atoms with van der Waals surface area (Å²) in [6.45, 7) is 3.13. The molecule has 2 heterocycles. The smallest absolute Gasteiger partial charge is 0.255 e. The van der Waals surface area contributed by atoms with Crippen LogP contribution >= 0.6 is 22.6 Å². The molecular formula is C23H31IN2O9S. The highest BCUT2D eigenvalue weighted by atomic mass is 127. The van der Waals surface area contributed by atoms with Gasteiger partial charge in [-0.25, -0.2) is 8.42 Å². The predicted molar refractivity (Wildman–Crippen MR) is 137 cm³/mol. The van der Waals surface area contributed by atoms with Crippen molar-refractivity contribution in [3.8, 4) is 0 Å². The number of imide groups is 1. The Hall–Kier alpha value is -1.65. The fourth-order valence-electron chi connectivity index (χ4n) is 3.94. The molecule has 200 valence electrons. The van der Waals surface area contributed by atoms with E-state index in [-0.39, 0.29) is 54.7 Å². The molecule has 0 radical (unpaired) electrons. The Morgan fingerprint density at radius 2 is 1.53 bits per heavy atom. The van der Waals surface area contributed by atoms with Crippen LogP contribution in [-0.4, -0.2) is 100 Å². The Morgan fingerprint density at radius 1 is 0.917 bits per heavy atom. The predicted octanol–water partition coefficient (Wildman–Crippen LogP) is 0.723. The zero-order valence-corrected chi connectivity index (χ0v) is 22.9. The summed E-state index contributed by atoms with van der Waals surface area (Å²) in [5.41, 5.74) is 0.629. The summed E-state index contributed by atoms with van der Waals surface area (Å²) in [5.74, 6) is -1.59. The van der Waals surface area contributed by atoms with E-state index in [4.69, 9.17) is 18.9 Å². The summed E-state index contributed by atoms with van der Waals surface area (Å²) in [7, 11) is -3.73. The molecule has 0 aromatic heterocycles. The lowest BCUT2D eigenvalue weighted by Gasteiger charge is -2.29. The number of nitrogens with zero attached hydrogens (tertiary/aromatic N) is 1. The van der Waals surface area contributed by atoms with Crippen molar-refractivity contribution in [2.75, 3.05) is 63.0 Å². The van der Waals surface area contributed by atoms with Crippen LogP contribution in [0.15, 0.2) is 23.1 Å². The number of ether oxygens (including phenoxy) is 4. The zero-order chi connectivity index (χ0) is 26.0. The van der Waals surface area contributed by atoms with Gasteiger partial charge in [0, 0.05) is 28.5 Å². The normalized spacial score (nSPS) is 18.0. The van der Waals surface area contributed by atoms with E-state index in [1.54, 1.807) is 6.07 Å². The minimum absolute atomic E-state index is 0.00297. The fourth-order valence-corrected chi connectivity index (χ4v) is 5.65. The van der Waals surface area contributed by atoms with E-state index < -0.39 is 27.7 Å². The van der Waals surface area contributed by atoms with Gasteiger partial charge in [0.1, 0.15) is 6.04 Å². The number of piperidine rings is 1. The molecule has 36 heavy (non-hydrogen) atoms. The molecule has 1 aromatic carbocycles. The molecule has 1 N–H and O–H groups in total. The second kappa shape index (κ2) is 14.3. The molecule has 2 aliphatic rings. The van der Waals surface area contributed by atoms with E-state index in [1.807, 2.05) is 0 Å². The number of hydrogen-bond donors (Lipinski definition) is 1. The summed E-state index contributed by atoms with van der Waals surface area (Å²) in [6, 6.07) is 3.73. The van der Waals surface area contributed by atoms with Gasteiger partial charge in [-0.3, -0.25) is 19.7 Å². The van der Waals surface area contributed by atoms with Crippen LogP contribution in [0.3, 0.4) is 0 Å². The van der Waals surface area contributed by atoms with E-state index in [2.05, 4.69) is 27.9 Å². The van der Waals surface area contributed by atoms with Crippen molar-refractivity contribution >= 4 is 50.1 Å². The van der Waals surface area contributed by atoms with Crippen LogP contribution in [0.2, 0.25) is 0 Å². The number of carbonyl (C=O) groups is 3. The van der Waals surface area contributed by atoms with Gasteiger partial charge in [-0.15, -0.1) is 0 Å². The summed E-state index contributed by atoms with van der Waals surface area (Å²) in [4.78, 5) is 38.0. The summed E-state index contributed by atoms with van der Waals surface area (Å²) in [5, 5.41) is 2.24. The molecular weight excluding hydrogens is 607 g/mol. The minimum atomic E-state index is -3.73. The maximum atomic E-state index is 13.0. The lowest BCUT2D eigenvalue weighted by Crippen LogP contribution is -2.52. The van der Waals surface area contributed by atoms with Gasteiger partial charge in [0.15, 0.2) is 9.84 Å². The molecule has 3 amide bonds. The van der Waals surface area contributed by atoms with Crippen LogP contribution in [0, 0.1) is 0 Å². The third-order valence-corrected chi connectivity index (χ3v) is 7.91. The number of carbonyl (C=O) groups excluding carboxylic acids is 3. The van der Waals surface area contributed by atoms with Crippen LogP contribution in [0.1, 0.15) is 28.8 Å². The van der Waals surface area contributed by atoms with E-state index in [0.717, 1.165) is 4.43 Å². The van der Waals surface area contributed by atoms with Gasteiger partial charge in [-0.2, -0.15) is 0 Å². The number of hydrogen-bond acceptors (Lipinski definition) is 9. The molecule has 0 bridgehead atoms. The molecule has 3 rings (SSSR count). The number of halogens is 1. The molecule has 1 saturated heterocycles. The van der Waals surface area contributed by atoms with Crippen molar-refractivity contribution in [3.05, 3.63) is 29.3 Å². The molecule has 1 atom stereocenters. The van der Waals surface area contributed by atoms with E-state index in [1.165, 1.54) is 17.0 Å². The van der Waals surface area contributed by atoms with E-state index >= 15 is 0 Å². The third-order valence-electron chi connectivity index (χ3n) is 5.71. The number of sulfone groups is 1. The van der Waals surface area contributed by atoms with E-state index in [0.29, 0.717) is 45.2 Å². The van der Waals surface area contributed by atoms with Crippen molar-refractivity contribution < 1.29 is 41.7 Å². The average molecular weight is 638 g/mol. The van der Waals surface area contributed by atoms with Gasteiger partial charge in [0.25, 0.3) is 5.91 Å². The number of nitrogens with one attached hydrogen (secondary N) is 1. The lowest BCUT2D eigenvalue weighted by atomic mass is 10.0. The zero-order valence-electron chi connectivity index (χ0n) is 19.9. The van der Waals surface area contributed by atoms with Gasteiger partial charge in [0.2, 0.25) is 11.8 Å². The quantitative estimate of drug-likeness (QED) is 0.120. The highest BCUT2D eigenvalue weighted by molar-refractivity contribution is 14.1. The fraction of sp³-hybridized carbons (Fsp3) is 0.609. The molecule has 1 aromatic rings. The van der Waals surface area contributed by atoms with Crippen molar-refractivity contribution in [1.29, 1.82) is 0 Å². The van der Waals surface area contributed by atoms with Crippen LogP contribution < -0.4 is 5.32 Å². The second-order valence-corrected chi connectivity index (χ2v) is 11.3. The maximum absolute atomic E-state index is 13.0.